The monoisotopic (exact) mass is 234 g/mol. The molecule has 1 aromatic heterocycles. The van der Waals surface area contributed by atoms with E-state index in [4.69, 9.17) is 16.0 Å². The van der Waals surface area contributed by atoms with Crippen LogP contribution >= 0.6 is 11.6 Å². The van der Waals surface area contributed by atoms with Crippen LogP contribution in [-0.4, -0.2) is 0 Å². The summed E-state index contributed by atoms with van der Waals surface area (Å²) in [6, 6.07) is 10.2. The smallest absolute Gasteiger partial charge is 0.126 e. The molecule has 1 heterocycles. The van der Waals surface area contributed by atoms with E-state index in [0.717, 1.165) is 17.1 Å². The van der Waals surface area contributed by atoms with E-state index in [1.165, 1.54) is 11.1 Å². The fourth-order valence-electron chi connectivity index (χ4n) is 1.85. The molecule has 0 saturated heterocycles. The summed E-state index contributed by atoms with van der Waals surface area (Å²) >= 11 is 6.41. The molecule has 1 unspecified atom stereocenters. The van der Waals surface area contributed by atoms with Crippen molar-refractivity contribution in [2.75, 3.05) is 0 Å². The standard InChI is InChI=1S/C14H15ClO/c1-9-4-6-12(10(2)8-9)14(15)13-7-5-11(3)16-13/h4-8,14H,1-3H3. The van der Waals surface area contributed by atoms with E-state index in [2.05, 4.69) is 32.0 Å². The Morgan fingerprint density at radius 3 is 2.38 bits per heavy atom. The van der Waals surface area contributed by atoms with Gasteiger partial charge in [0.25, 0.3) is 0 Å². The van der Waals surface area contributed by atoms with Crippen molar-refractivity contribution in [3.63, 3.8) is 0 Å². The van der Waals surface area contributed by atoms with Crippen molar-refractivity contribution in [3.05, 3.63) is 58.5 Å². The maximum atomic E-state index is 6.41. The van der Waals surface area contributed by atoms with Crippen LogP contribution < -0.4 is 0 Å². The van der Waals surface area contributed by atoms with Crippen molar-refractivity contribution in [3.8, 4) is 0 Å². The van der Waals surface area contributed by atoms with Crippen molar-refractivity contribution >= 4 is 11.6 Å². The molecule has 1 atom stereocenters. The second kappa shape index (κ2) is 4.34. The van der Waals surface area contributed by atoms with Crippen LogP contribution in [0.3, 0.4) is 0 Å². The third-order valence-electron chi connectivity index (χ3n) is 2.71. The predicted molar refractivity (Wildman–Crippen MR) is 67.1 cm³/mol. The predicted octanol–water partition coefficient (Wildman–Crippen LogP) is 4.53. The number of halogens is 1. The van der Waals surface area contributed by atoms with E-state index < -0.39 is 0 Å². The molecule has 2 rings (SSSR count). The van der Waals surface area contributed by atoms with E-state index in [1.54, 1.807) is 0 Å². The second-order valence-corrected chi connectivity index (χ2v) is 4.61. The van der Waals surface area contributed by atoms with E-state index >= 15 is 0 Å². The molecular weight excluding hydrogens is 220 g/mol. The Hall–Kier alpha value is -1.21. The molecule has 16 heavy (non-hydrogen) atoms. The second-order valence-electron chi connectivity index (χ2n) is 4.17. The minimum atomic E-state index is -0.200. The Kier molecular flexibility index (Phi) is 3.06. The van der Waals surface area contributed by atoms with Crippen molar-refractivity contribution in [1.82, 2.24) is 0 Å². The molecule has 1 aromatic carbocycles. The van der Waals surface area contributed by atoms with Gasteiger partial charge in [-0.3, -0.25) is 0 Å². The number of alkyl halides is 1. The summed E-state index contributed by atoms with van der Waals surface area (Å²) in [4.78, 5) is 0. The fourth-order valence-corrected chi connectivity index (χ4v) is 2.22. The summed E-state index contributed by atoms with van der Waals surface area (Å²) in [6.45, 7) is 6.08. The highest BCUT2D eigenvalue weighted by molar-refractivity contribution is 6.22. The van der Waals surface area contributed by atoms with Gasteiger partial charge in [0.05, 0.1) is 0 Å². The zero-order valence-corrected chi connectivity index (χ0v) is 10.5. The molecule has 0 aliphatic rings. The van der Waals surface area contributed by atoms with Crippen molar-refractivity contribution < 1.29 is 4.42 Å². The zero-order chi connectivity index (χ0) is 11.7. The van der Waals surface area contributed by atoms with E-state index in [9.17, 15) is 0 Å². The number of hydrogen-bond acceptors (Lipinski definition) is 1. The van der Waals surface area contributed by atoms with Gasteiger partial charge >= 0.3 is 0 Å². The first-order valence-corrected chi connectivity index (χ1v) is 5.79. The van der Waals surface area contributed by atoms with E-state index in [1.807, 2.05) is 19.1 Å². The summed E-state index contributed by atoms with van der Waals surface area (Å²) in [7, 11) is 0. The molecule has 84 valence electrons. The van der Waals surface area contributed by atoms with Gasteiger partial charge in [-0.25, -0.2) is 0 Å². The van der Waals surface area contributed by atoms with Crippen LogP contribution in [0, 0.1) is 20.8 Å². The molecule has 0 aliphatic carbocycles. The molecule has 0 bridgehead atoms. The Labute approximate surface area is 101 Å². The number of rotatable bonds is 2. The third kappa shape index (κ3) is 2.14. The maximum Gasteiger partial charge on any atom is 0.126 e. The van der Waals surface area contributed by atoms with Crippen LogP contribution in [0.2, 0.25) is 0 Å². The summed E-state index contributed by atoms with van der Waals surface area (Å²) in [5.74, 6) is 1.71. The third-order valence-corrected chi connectivity index (χ3v) is 3.16. The Bertz CT molecular complexity index is 499. The first kappa shape index (κ1) is 11.3. The fraction of sp³-hybridized carbons (Fsp3) is 0.286. The summed E-state index contributed by atoms with van der Waals surface area (Å²) in [5, 5.41) is -0.200. The van der Waals surface area contributed by atoms with Gasteiger partial charge in [-0.15, -0.1) is 11.6 Å². The highest BCUT2D eigenvalue weighted by atomic mass is 35.5. The molecule has 0 saturated carbocycles. The van der Waals surface area contributed by atoms with Crippen LogP contribution in [0.1, 0.15) is 33.6 Å². The molecule has 0 aliphatic heterocycles. The average molecular weight is 235 g/mol. The highest BCUT2D eigenvalue weighted by Crippen LogP contribution is 2.32. The Balaban J connectivity index is 2.37. The van der Waals surface area contributed by atoms with Crippen LogP contribution in [0.15, 0.2) is 34.7 Å². The maximum absolute atomic E-state index is 6.41. The molecule has 0 amide bonds. The SMILES string of the molecule is Cc1ccc(C(Cl)c2ccc(C)o2)c(C)c1. The topological polar surface area (TPSA) is 13.1 Å². The molecule has 1 nitrogen and oxygen atoms in total. The summed E-state index contributed by atoms with van der Waals surface area (Å²) in [6.07, 6.45) is 0. The number of benzene rings is 1. The largest absolute Gasteiger partial charge is 0.464 e. The minimum Gasteiger partial charge on any atom is -0.464 e. The number of hydrogen-bond donors (Lipinski definition) is 0. The molecule has 0 radical (unpaired) electrons. The summed E-state index contributed by atoms with van der Waals surface area (Å²) in [5.41, 5.74) is 3.57. The number of aryl methyl sites for hydroxylation is 3. The lowest BCUT2D eigenvalue weighted by atomic mass is 10.0. The average Bonchev–Trinajstić information content (AvgIpc) is 2.64. The Morgan fingerprint density at radius 1 is 1.06 bits per heavy atom. The summed E-state index contributed by atoms with van der Waals surface area (Å²) < 4.78 is 5.55. The highest BCUT2D eigenvalue weighted by Gasteiger charge is 2.16. The normalized spacial score (nSPS) is 12.8. The van der Waals surface area contributed by atoms with Gasteiger partial charge in [0.1, 0.15) is 16.9 Å². The van der Waals surface area contributed by atoms with E-state index in [-0.39, 0.29) is 5.38 Å². The van der Waals surface area contributed by atoms with Crippen LogP contribution in [0.4, 0.5) is 0 Å². The lowest BCUT2D eigenvalue weighted by molar-refractivity contribution is 0.489. The first-order chi connectivity index (χ1) is 7.58. The molecular formula is C14H15ClO. The lowest BCUT2D eigenvalue weighted by Crippen LogP contribution is -1.95. The van der Waals surface area contributed by atoms with Crippen LogP contribution in [-0.2, 0) is 0 Å². The molecule has 2 aromatic rings. The lowest BCUT2D eigenvalue weighted by Gasteiger charge is -2.11. The quantitative estimate of drug-likeness (QED) is 0.696. The van der Waals surface area contributed by atoms with Gasteiger partial charge in [-0.05, 0) is 44.0 Å². The van der Waals surface area contributed by atoms with Gasteiger partial charge in [-0.2, -0.15) is 0 Å². The molecule has 2 heteroatoms. The van der Waals surface area contributed by atoms with Crippen molar-refractivity contribution in [1.29, 1.82) is 0 Å². The van der Waals surface area contributed by atoms with Gasteiger partial charge in [0.15, 0.2) is 0 Å². The minimum absolute atomic E-state index is 0.200. The molecule has 0 fully saturated rings. The first-order valence-electron chi connectivity index (χ1n) is 5.35. The van der Waals surface area contributed by atoms with Gasteiger partial charge in [-0.1, -0.05) is 23.8 Å². The zero-order valence-electron chi connectivity index (χ0n) is 9.75. The van der Waals surface area contributed by atoms with E-state index in [0.29, 0.717) is 0 Å². The van der Waals surface area contributed by atoms with Crippen LogP contribution in [0.5, 0.6) is 0 Å². The molecule has 0 spiro atoms. The van der Waals surface area contributed by atoms with Gasteiger partial charge in [0, 0.05) is 0 Å². The number of furan rings is 1. The van der Waals surface area contributed by atoms with Crippen molar-refractivity contribution in [2.45, 2.75) is 26.1 Å². The van der Waals surface area contributed by atoms with Crippen LogP contribution in [0.25, 0.3) is 0 Å². The molecule has 0 N–H and O–H groups in total. The Morgan fingerprint density at radius 2 is 1.81 bits per heavy atom. The van der Waals surface area contributed by atoms with Gasteiger partial charge in [0.2, 0.25) is 0 Å². The van der Waals surface area contributed by atoms with Gasteiger partial charge < -0.3 is 4.42 Å². The van der Waals surface area contributed by atoms with Crippen molar-refractivity contribution in [2.24, 2.45) is 0 Å².